The monoisotopic (exact) mass is 247 g/mol. The number of nitrogens with one attached hydrogen (secondary N) is 1. The molecule has 0 amide bonds. The highest BCUT2D eigenvalue weighted by atomic mass is 16.5. The molecule has 2 rings (SSSR count). The molecule has 0 saturated heterocycles. The van der Waals surface area contributed by atoms with Crippen LogP contribution in [-0.2, 0) is 0 Å². The Labute approximate surface area is 111 Å². The largest absolute Gasteiger partial charge is 0.489 e. The van der Waals surface area contributed by atoms with Crippen LogP contribution in [0.4, 0.5) is 0 Å². The van der Waals surface area contributed by atoms with Crippen molar-refractivity contribution in [3.63, 3.8) is 0 Å². The standard InChI is InChI=1S/C16H25NO/c1-12-7-6-8-13(2)16(12)18-14(3)11-17-15-9-4-5-10-15/h6-8,14-15,17H,4-5,9-11H2,1-3H3. The molecule has 1 aliphatic carbocycles. The molecule has 1 aromatic rings. The summed E-state index contributed by atoms with van der Waals surface area (Å²) in [5.74, 6) is 1.05. The topological polar surface area (TPSA) is 21.3 Å². The van der Waals surface area contributed by atoms with Gasteiger partial charge >= 0.3 is 0 Å². The molecule has 1 fully saturated rings. The van der Waals surface area contributed by atoms with Crippen molar-refractivity contribution in [2.45, 2.75) is 58.6 Å². The lowest BCUT2D eigenvalue weighted by Crippen LogP contribution is -2.35. The molecule has 1 unspecified atom stereocenters. The van der Waals surface area contributed by atoms with Crippen LogP contribution in [0.15, 0.2) is 18.2 Å². The summed E-state index contributed by atoms with van der Waals surface area (Å²) < 4.78 is 6.07. The van der Waals surface area contributed by atoms with E-state index in [9.17, 15) is 0 Å². The fraction of sp³-hybridized carbons (Fsp3) is 0.625. The predicted octanol–water partition coefficient (Wildman–Crippen LogP) is 3.60. The van der Waals surface area contributed by atoms with Gasteiger partial charge in [0, 0.05) is 12.6 Å². The maximum atomic E-state index is 6.07. The Morgan fingerprint density at radius 1 is 1.22 bits per heavy atom. The van der Waals surface area contributed by atoms with Crippen molar-refractivity contribution in [3.8, 4) is 5.75 Å². The van der Waals surface area contributed by atoms with Crippen molar-refractivity contribution >= 4 is 0 Å². The third-order valence-electron chi connectivity index (χ3n) is 3.78. The van der Waals surface area contributed by atoms with Crippen molar-refractivity contribution in [1.82, 2.24) is 5.32 Å². The summed E-state index contributed by atoms with van der Waals surface area (Å²) in [6.07, 6.45) is 5.64. The maximum absolute atomic E-state index is 6.07. The molecule has 0 aliphatic heterocycles. The van der Waals surface area contributed by atoms with E-state index in [0.717, 1.165) is 12.3 Å². The summed E-state index contributed by atoms with van der Waals surface area (Å²) >= 11 is 0. The fourth-order valence-electron chi connectivity index (χ4n) is 2.69. The third kappa shape index (κ3) is 3.49. The van der Waals surface area contributed by atoms with Crippen LogP contribution in [0.5, 0.6) is 5.75 Å². The average Bonchev–Trinajstić information content (AvgIpc) is 2.84. The molecule has 0 heterocycles. The van der Waals surface area contributed by atoms with Crippen molar-refractivity contribution in [2.75, 3.05) is 6.54 Å². The molecule has 0 spiro atoms. The van der Waals surface area contributed by atoms with Crippen molar-refractivity contribution < 1.29 is 4.74 Å². The third-order valence-corrected chi connectivity index (χ3v) is 3.78. The molecular formula is C16H25NO. The molecule has 2 nitrogen and oxygen atoms in total. The zero-order chi connectivity index (χ0) is 13.0. The highest BCUT2D eigenvalue weighted by Crippen LogP contribution is 2.23. The molecule has 1 aromatic carbocycles. The number of para-hydroxylation sites is 1. The average molecular weight is 247 g/mol. The van der Waals surface area contributed by atoms with Gasteiger partial charge < -0.3 is 10.1 Å². The Hall–Kier alpha value is -1.02. The van der Waals surface area contributed by atoms with Gasteiger partial charge in [-0.2, -0.15) is 0 Å². The van der Waals surface area contributed by atoms with E-state index in [1.54, 1.807) is 0 Å². The molecule has 0 aromatic heterocycles. The Morgan fingerprint density at radius 3 is 2.44 bits per heavy atom. The molecule has 1 saturated carbocycles. The first-order chi connectivity index (χ1) is 8.66. The van der Waals surface area contributed by atoms with Gasteiger partial charge in [0.05, 0.1) is 0 Å². The van der Waals surface area contributed by atoms with Crippen LogP contribution in [0.1, 0.15) is 43.7 Å². The summed E-state index contributed by atoms with van der Waals surface area (Å²) in [6.45, 7) is 7.31. The predicted molar refractivity (Wildman–Crippen MR) is 76.3 cm³/mol. The molecular weight excluding hydrogens is 222 g/mol. The first-order valence-corrected chi connectivity index (χ1v) is 7.13. The lowest BCUT2D eigenvalue weighted by molar-refractivity contribution is 0.209. The van der Waals surface area contributed by atoms with Crippen molar-refractivity contribution in [2.24, 2.45) is 0 Å². The number of aryl methyl sites for hydroxylation is 2. The first-order valence-electron chi connectivity index (χ1n) is 7.13. The molecule has 0 bridgehead atoms. The van der Waals surface area contributed by atoms with Gasteiger partial charge in [-0.1, -0.05) is 31.0 Å². The maximum Gasteiger partial charge on any atom is 0.125 e. The van der Waals surface area contributed by atoms with E-state index in [1.807, 2.05) is 0 Å². The number of hydrogen-bond donors (Lipinski definition) is 1. The SMILES string of the molecule is Cc1cccc(C)c1OC(C)CNC1CCCC1. The minimum absolute atomic E-state index is 0.227. The van der Waals surface area contributed by atoms with Crippen LogP contribution in [-0.4, -0.2) is 18.7 Å². The van der Waals surface area contributed by atoms with Gasteiger partial charge in [-0.15, -0.1) is 0 Å². The Balaban J connectivity index is 1.84. The van der Waals surface area contributed by atoms with Crippen molar-refractivity contribution in [1.29, 1.82) is 0 Å². The van der Waals surface area contributed by atoms with E-state index >= 15 is 0 Å². The van der Waals surface area contributed by atoms with Gasteiger partial charge in [-0.25, -0.2) is 0 Å². The van der Waals surface area contributed by atoms with Crippen LogP contribution in [0, 0.1) is 13.8 Å². The molecule has 1 atom stereocenters. The van der Waals surface area contributed by atoms with Gasteiger partial charge in [-0.05, 0) is 44.7 Å². The van der Waals surface area contributed by atoms with Gasteiger partial charge in [-0.3, -0.25) is 0 Å². The van der Waals surface area contributed by atoms with Crippen LogP contribution >= 0.6 is 0 Å². The van der Waals surface area contributed by atoms with Gasteiger partial charge in [0.2, 0.25) is 0 Å². The van der Waals surface area contributed by atoms with Gasteiger partial charge in [0.25, 0.3) is 0 Å². The molecule has 2 heteroatoms. The zero-order valence-corrected chi connectivity index (χ0v) is 11.8. The fourth-order valence-corrected chi connectivity index (χ4v) is 2.69. The molecule has 0 radical (unpaired) electrons. The summed E-state index contributed by atoms with van der Waals surface area (Å²) in [6, 6.07) is 7.02. The Bertz CT molecular complexity index is 362. The smallest absolute Gasteiger partial charge is 0.125 e. The number of rotatable bonds is 5. The summed E-state index contributed by atoms with van der Waals surface area (Å²) in [5, 5.41) is 3.62. The second-order valence-corrected chi connectivity index (χ2v) is 5.54. The number of hydrogen-bond acceptors (Lipinski definition) is 2. The second kappa shape index (κ2) is 6.24. The molecule has 1 N–H and O–H groups in total. The van der Waals surface area contributed by atoms with Gasteiger partial charge in [0.1, 0.15) is 11.9 Å². The normalized spacial score (nSPS) is 17.9. The highest BCUT2D eigenvalue weighted by Gasteiger charge is 2.16. The van der Waals surface area contributed by atoms with E-state index in [0.29, 0.717) is 6.04 Å². The lowest BCUT2D eigenvalue weighted by atomic mass is 10.1. The van der Waals surface area contributed by atoms with E-state index in [4.69, 9.17) is 4.74 Å². The number of benzene rings is 1. The highest BCUT2D eigenvalue weighted by molar-refractivity contribution is 5.39. The van der Waals surface area contributed by atoms with Crippen molar-refractivity contribution in [3.05, 3.63) is 29.3 Å². The van der Waals surface area contributed by atoms with Crippen LogP contribution in [0.25, 0.3) is 0 Å². The summed E-state index contributed by atoms with van der Waals surface area (Å²) in [4.78, 5) is 0. The van der Waals surface area contributed by atoms with E-state index in [1.165, 1.54) is 36.8 Å². The molecule has 100 valence electrons. The van der Waals surface area contributed by atoms with Gasteiger partial charge in [0.15, 0.2) is 0 Å². The van der Waals surface area contributed by atoms with Crippen LogP contribution < -0.4 is 10.1 Å². The Kier molecular flexibility index (Phi) is 4.65. The molecule has 1 aliphatic rings. The van der Waals surface area contributed by atoms with Crippen LogP contribution in [0.2, 0.25) is 0 Å². The Morgan fingerprint density at radius 2 is 1.83 bits per heavy atom. The first kappa shape index (κ1) is 13.4. The number of ether oxygens (including phenoxy) is 1. The lowest BCUT2D eigenvalue weighted by Gasteiger charge is -2.20. The van der Waals surface area contributed by atoms with E-state index < -0.39 is 0 Å². The minimum atomic E-state index is 0.227. The molecule has 18 heavy (non-hydrogen) atoms. The summed E-state index contributed by atoms with van der Waals surface area (Å²) in [7, 11) is 0. The van der Waals surface area contributed by atoms with E-state index in [-0.39, 0.29) is 6.10 Å². The summed E-state index contributed by atoms with van der Waals surface area (Å²) in [5.41, 5.74) is 2.45. The van der Waals surface area contributed by atoms with E-state index in [2.05, 4.69) is 44.3 Å². The quantitative estimate of drug-likeness (QED) is 0.858. The second-order valence-electron chi connectivity index (χ2n) is 5.54. The van der Waals surface area contributed by atoms with Crippen LogP contribution in [0.3, 0.4) is 0 Å². The minimum Gasteiger partial charge on any atom is -0.489 e. The zero-order valence-electron chi connectivity index (χ0n) is 11.8.